The minimum Gasteiger partial charge on any atom is -0.459 e. The molecule has 106 valence electrons. The van der Waals surface area contributed by atoms with Crippen molar-refractivity contribution in [2.45, 2.75) is 51.5 Å². The van der Waals surface area contributed by atoms with E-state index in [1.54, 1.807) is 14.2 Å². The third-order valence-corrected chi connectivity index (χ3v) is 3.14. The van der Waals surface area contributed by atoms with E-state index < -0.39 is 5.60 Å². The van der Waals surface area contributed by atoms with Crippen LogP contribution in [0.15, 0.2) is 0 Å². The van der Waals surface area contributed by atoms with Crippen LogP contribution in [0.25, 0.3) is 0 Å². The summed E-state index contributed by atoms with van der Waals surface area (Å²) in [7, 11) is 3.33. The van der Waals surface area contributed by atoms with Gasteiger partial charge >= 0.3 is 5.97 Å². The first kappa shape index (κ1) is 15.4. The lowest BCUT2D eigenvalue weighted by molar-refractivity contribution is -0.160. The highest BCUT2D eigenvalue weighted by molar-refractivity contribution is 5.75. The largest absolute Gasteiger partial charge is 0.459 e. The zero-order valence-electron chi connectivity index (χ0n) is 12.2. The molecule has 0 aromatic rings. The molecule has 1 aliphatic heterocycles. The van der Waals surface area contributed by atoms with Gasteiger partial charge in [0.2, 0.25) is 0 Å². The molecular weight excluding hydrogens is 234 g/mol. The van der Waals surface area contributed by atoms with Gasteiger partial charge in [0.25, 0.3) is 0 Å². The average Bonchev–Trinajstić information content (AvgIpc) is 2.68. The molecule has 0 spiro atoms. The van der Waals surface area contributed by atoms with E-state index in [0.717, 1.165) is 0 Å². The van der Waals surface area contributed by atoms with E-state index in [0.29, 0.717) is 13.1 Å². The fourth-order valence-corrected chi connectivity index (χ4v) is 2.08. The molecule has 1 heterocycles. The monoisotopic (exact) mass is 259 g/mol. The second-order valence-corrected chi connectivity index (χ2v) is 5.71. The summed E-state index contributed by atoms with van der Waals surface area (Å²) in [6, 6.07) is -0.276. The summed E-state index contributed by atoms with van der Waals surface area (Å²) in [5.74, 6) is -0.200. The van der Waals surface area contributed by atoms with E-state index in [4.69, 9.17) is 14.2 Å². The van der Waals surface area contributed by atoms with Crippen LogP contribution in [0.3, 0.4) is 0 Å². The summed E-state index contributed by atoms with van der Waals surface area (Å²) >= 11 is 0. The lowest BCUT2D eigenvalue weighted by Gasteiger charge is -2.27. The zero-order valence-corrected chi connectivity index (χ0v) is 12.2. The summed E-state index contributed by atoms with van der Waals surface area (Å²) in [5, 5.41) is 0. The highest BCUT2D eigenvalue weighted by atomic mass is 16.6. The van der Waals surface area contributed by atoms with Crippen LogP contribution in [0, 0.1) is 0 Å². The van der Waals surface area contributed by atoms with Crippen LogP contribution in [0.4, 0.5) is 0 Å². The maximum absolute atomic E-state index is 12.0. The quantitative estimate of drug-likeness (QED) is 0.707. The zero-order chi connectivity index (χ0) is 13.9. The normalized spacial score (nSPS) is 27.2. The van der Waals surface area contributed by atoms with E-state index >= 15 is 0 Å². The standard InChI is InChI=1S/C13H25NO4/c1-9(12(15)18-13(2,3)4)14-7-10(16-5)11(8-14)17-6/h9-11H,7-8H2,1-6H3. The number of ether oxygens (including phenoxy) is 3. The van der Waals surface area contributed by atoms with Crippen molar-refractivity contribution in [1.82, 2.24) is 4.90 Å². The summed E-state index contributed by atoms with van der Waals surface area (Å²) in [6.45, 7) is 8.86. The molecular formula is C13H25NO4. The Bertz CT molecular complexity index is 275. The molecule has 0 aromatic heterocycles. The van der Waals surface area contributed by atoms with Gasteiger partial charge in [-0.1, -0.05) is 0 Å². The first-order valence-corrected chi connectivity index (χ1v) is 6.31. The van der Waals surface area contributed by atoms with Gasteiger partial charge in [0.1, 0.15) is 11.6 Å². The molecule has 0 aromatic carbocycles. The summed E-state index contributed by atoms with van der Waals surface area (Å²) in [4.78, 5) is 14.0. The van der Waals surface area contributed by atoms with Gasteiger partial charge in [-0.25, -0.2) is 0 Å². The molecule has 0 amide bonds. The second-order valence-electron chi connectivity index (χ2n) is 5.71. The topological polar surface area (TPSA) is 48.0 Å². The lowest BCUT2D eigenvalue weighted by atomic mass is 10.2. The van der Waals surface area contributed by atoms with Gasteiger partial charge < -0.3 is 14.2 Å². The molecule has 1 rings (SSSR count). The van der Waals surface area contributed by atoms with Gasteiger partial charge in [0.15, 0.2) is 0 Å². The van der Waals surface area contributed by atoms with Crippen molar-refractivity contribution >= 4 is 5.97 Å². The molecule has 1 saturated heterocycles. The first-order chi connectivity index (χ1) is 8.28. The Hall–Kier alpha value is -0.650. The minimum absolute atomic E-state index is 0.0138. The molecule has 3 atom stereocenters. The Morgan fingerprint density at radius 1 is 1.17 bits per heavy atom. The molecule has 3 unspecified atom stereocenters. The lowest BCUT2D eigenvalue weighted by Crippen LogP contribution is -2.42. The summed E-state index contributed by atoms with van der Waals surface area (Å²) in [5.41, 5.74) is -0.452. The highest BCUT2D eigenvalue weighted by Crippen LogP contribution is 2.20. The number of carbonyl (C=O) groups is 1. The predicted octanol–water partition coefficient (Wildman–Crippen LogP) is 1.06. The van der Waals surface area contributed by atoms with Gasteiger partial charge in [0.05, 0.1) is 12.2 Å². The third kappa shape index (κ3) is 3.93. The second kappa shape index (κ2) is 5.99. The molecule has 0 bridgehead atoms. The van der Waals surface area contributed by atoms with Crippen molar-refractivity contribution in [2.75, 3.05) is 27.3 Å². The van der Waals surface area contributed by atoms with E-state index in [2.05, 4.69) is 0 Å². The van der Waals surface area contributed by atoms with Crippen LogP contribution in [0.1, 0.15) is 27.7 Å². The van der Waals surface area contributed by atoms with Crippen molar-refractivity contribution in [1.29, 1.82) is 0 Å². The maximum atomic E-state index is 12.0. The fourth-order valence-electron chi connectivity index (χ4n) is 2.08. The Morgan fingerprint density at radius 2 is 1.61 bits per heavy atom. The van der Waals surface area contributed by atoms with Crippen molar-refractivity contribution < 1.29 is 19.0 Å². The fraction of sp³-hybridized carbons (Fsp3) is 0.923. The third-order valence-electron chi connectivity index (χ3n) is 3.14. The van der Waals surface area contributed by atoms with Crippen LogP contribution < -0.4 is 0 Å². The van der Waals surface area contributed by atoms with E-state index in [1.165, 1.54) is 0 Å². The number of methoxy groups -OCH3 is 2. The Balaban J connectivity index is 2.58. The van der Waals surface area contributed by atoms with Gasteiger partial charge in [-0.3, -0.25) is 9.69 Å². The number of nitrogens with zero attached hydrogens (tertiary/aromatic N) is 1. The highest BCUT2D eigenvalue weighted by Gasteiger charge is 2.38. The summed E-state index contributed by atoms with van der Waals surface area (Å²) in [6.07, 6.45) is 0.0276. The van der Waals surface area contributed by atoms with Crippen molar-refractivity contribution in [3.05, 3.63) is 0 Å². The smallest absolute Gasteiger partial charge is 0.323 e. The molecule has 0 radical (unpaired) electrons. The minimum atomic E-state index is -0.452. The van der Waals surface area contributed by atoms with Crippen molar-refractivity contribution in [3.63, 3.8) is 0 Å². The summed E-state index contributed by atoms with van der Waals surface area (Å²) < 4.78 is 16.1. The van der Waals surface area contributed by atoms with Crippen LogP contribution in [-0.2, 0) is 19.0 Å². The van der Waals surface area contributed by atoms with Crippen LogP contribution in [0.5, 0.6) is 0 Å². The SMILES string of the molecule is COC1CN(C(C)C(=O)OC(C)(C)C)CC1OC. The predicted molar refractivity (Wildman–Crippen MR) is 68.5 cm³/mol. The Labute approximate surface area is 109 Å². The molecule has 5 nitrogen and oxygen atoms in total. The molecule has 0 aliphatic carbocycles. The molecule has 0 N–H and O–H groups in total. The number of rotatable bonds is 4. The number of esters is 1. The first-order valence-electron chi connectivity index (χ1n) is 6.31. The van der Waals surface area contributed by atoms with Gasteiger partial charge in [-0.2, -0.15) is 0 Å². The van der Waals surface area contributed by atoms with E-state index in [1.807, 2.05) is 32.6 Å². The van der Waals surface area contributed by atoms with Crippen LogP contribution >= 0.6 is 0 Å². The molecule has 5 heteroatoms. The maximum Gasteiger partial charge on any atom is 0.323 e. The number of hydrogen-bond acceptors (Lipinski definition) is 5. The van der Waals surface area contributed by atoms with Crippen molar-refractivity contribution in [3.8, 4) is 0 Å². The molecule has 1 fully saturated rings. The number of likely N-dealkylation sites (tertiary alicyclic amines) is 1. The van der Waals surface area contributed by atoms with Gasteiger partial charge in [0, 0.05) is 27.3 Å². The van der Waals surface area contributed by atoms with Gasteiger partial charge in [-0.15, -0.1) is 0 Å². The number of carbonyl (C=O) groups excluding carboxylic acids is 1. The Kier molecular flexibility index (Phi) is 5.13. The van der Waals surface area contributed by atoms with Crippen LogP contribution in [-0.4, -0.2) is 62.0 Å². The van der Waals surface area contributed by atoms with Crippen LogP contribution in [0.2, 0.25) is 0 Å². The number of hydrogen-bond donors (Lipinski definition) is 0. The average molecular weight is 259 g/mol. The molecule has 1 aliphatic rings. The molecule has 18 heavy (non-hydrogen) atoms. The van der Waals surface area contributed by atoms with Crippen molar-refractivity contribution in [2.24, 2.45) is 0 Å². The van der Waals surface area contributed by atoms with Gasteiger partial charge in [-0.05, 0) is 27.7 Å². The van der Waals surface area contributed by atoms with E-state index in [-0.39, 0.29) is 24.2 Å². The van der Waals surface area contributed by atoms with E-state index in [9.17, 15) is 4.79 Å². The molecule has 0 saturated carbocycles. The Morgan fingerprint density at radius 3 is 1.94 bits per heavy atom.